The topological polar surface area (TPSA) is 48.8 Å². The summed E-state index contributed by atoms with van der Waals surface area (Å²) in [4.78, 5) is 2.76. The van der Waals surface area contributed by atoms with Gasteiger partial charge in [0, 0.05) is 16.2 Å². The number of hydrogen-bond acceptors (Lipinski definition) is 2. The summed E-state index contributed by atoms with van der Waals surface area (Å²) in [6.45, 7) is 4.09. The molecule has 0 heterocycles. The Kier molecular flexibility index (Phi) is 7.11. The molecule has 12 heavy (non-hydrogen) atoms. The van der Waals surface area contributed by atoms with E-state index in [0.29, 0.717) is 5.25 Å². The van der Waals surface area contributed by atoms with Gasteiger partial charge >= 0.3 is 0 Å². The van der Waals surface area contributed by atoms with Gasteiger partial charge in [-0.2, -0.15) is 12.6 Å². The molecule has 0 aliphatic heterocycles. The smallest absolute Gasteiger partial charge is 0.0356 e. The lowest BCUT2D eigenvalue weighted by Gasteiger charge is -2.11. The molecule has 0 aromatic carbocycles. The molecule has 0 fully saturated rings. The van der Waals surface area contributed by atoms with Gasteiger partial charge in [-0.05, 0) is 18.4 Å². The van der Waals surface area contributed by atoms with Gasteiger partial charge < -0.3 is 0 Å². The molecule has 0 N–H and O–H groups in total. The SMILES string of the molecule is CCCCC(S)CC(C)N=[N+]=[N-]. The lowest BCUT2D eigenvalue weighted by Crippen LogP contribution is -2.07. The average molecular weight is 187 g/mol. The van der Waals surface area contributed by atoms with Crippen molar-refractivity contribution < 1.29 is 0 Å². The van der Waals surface area contributed by atoms with Gasteiger partial charge in [0.25, 0.3) is 0 Å². The van der Waals surface area contributed by atoms with E-state index in [1.807, 2.05) is 6.92 Å². The van der Waals surface area contributed by atoms with Crippen LogP contribution in [0.15, 0.2) is 5.11 Å². The summed E-state index contributed by atoms with van der Waals surface area (Å²) in [5, 5.41) is 3.98. The monoisotopic (exact) mass is 187 g/mol. The Labute approximate surface area is 79.6 Å². The first kappa shape index (κ1) is 11.7. The van der Waals surface area contributed by atoms with Crippen LogP contribution in [-0.4, -0.2) is 11.3 Å². The summed E-state index contributed by atoms with van der Waals surface area (Å²) in [5.74, 6) is 0. The van der Waals surface area contributed by atoms with Crippen molar-refractivity contribution in [2.75, 3.05) is 0 Å². The van der Waals surface area contributed by atoms with E-state index in [1.54, 1.807) is 0 Å². The Bertz CT molecular complexity index is 154. The van der Waals surface area contributed by atoms with Crippen molar-refractivity contribution in [3.8, 4) is 0 Å². The zero-order valence-corrected chi connectivity index (χ0v) is 8.67. The van der Waals surface area contributed by atoms with Gasteiger partial charge in [0.05, 0.1) is 0 Å². The second kappa shape index (κ2) is 7.32. The molecule has 4 heteroatoms. The van der Waals surface area contributed by atoms with Crippen molar-refractivity contribution in [2.24, 2.45) is 5.11 Å². The minimum absolute atomic E-state index is 0.0781. The summed E-state index contributed by atoms with van der Waals surface area (Å²) >= 11 is 4.41. The summed E-state index contributed by atoms with van der Waals surface area (Å²) in [7, 11) is 0. The highest BCUT2D eigenvalue weighted by molar-refractivity contribution is 7.80. The fourth-order valence-corrected chi connectivity index (χ4v) is 1.57. The molecular weight excluding hydrogens is 170 g/mol. The second-order valence-corrected chi connectivity index (χ2v) is 3.82. The fourth-order valence-electron chi connectivity index (χ4n) is 1.09. The molecule has 0 aliphatic rings. The summed E-state index contributed by atoms with van der Waals surface area (Å²) in [6, 6.07) is 0.0781. The predicted molar refractivity (Wildman–Crippen MR) is 55.5 cm³/mol. The molecule has 0 radical (unpaired) electrons. The highest BCUT2D eigenvalue weighted by atomic mass is 32.1. The highest BCUT2D eigenvalue weighted by Gasteiger charge is 2.06. The van der Waals surface area contributed by atoms with Crippen molar-refractivity contribution in [1.82, 2.24) is 0 Å². The third-order valence-electron chi connectivity index (χ3n) is 1.75. The van der Waals surface area contributed by atoms with Gasteiger partial charge in [0.1, 0.15) is 0 Å². The van der Waals surface area contributed by atoms with Crippen LogP contribution in [0.3, 0.4) is 0 Å². The lowest BCUT2D eigenvalue weighted by molar-refractivity contribution is 0.589. The van der Waals surface area contributed by atoms with E-state index >= 15 is 0 Å². The van der Waals surface area contributed by atoms with Crippen LogP contribution >= 0.6 is 12.6 Å². The van der Waals surface area contributed by atoms with Crippen molar-refractivity contribution >= 4 is 12.6 Å². The quantitative estimate of drug-likeness (QED) is 0.286. The number of azide groups is 1. The molecule has 0 saturated carbocycles. The number of nitrogens with zero attached hydrogens (tertiary/aromatic N) is 3. The molecule has 0 bridgehead atoms. The molecule has 0 spiro atoms. The molecule has 2 unspecified atom stereocenters. The maximum atomic E-state index is 8.16. The summed E-state index contributed by atoms with van der Waals surface area (Å²) in [5.41, 5.74) is 8.16. The third-order valence-corrected chi connectivity index (χ3v) is 2.22. The maximum absolute atomic E-state index is 8.16. The van der Waals surface area contributed by atoms with Gasteiger partial charge in [0.15, 0.2) is 0 Å². The van der Waals surface area contributed by atoms with Gasteiger partial charge in [-0.1, -0.05) is 31.8 Å². The first-order valence-corrected chi connectivity index (χ1v) is 4.94. The van der Waals surface area contributed by atoms with E-state index in [2.05, 4.69) is 29.6 Å². The van der Waals surface area contributed by atoms with Crippen LogP contribution in [0.25, 0.3) is 10.4 Å². The molecule has 2 atom stereocenters. The summed E-state index contributed by atoms with van der Waals surface area (Å²) in [6.07, 6.45) is 4.40. The van der Waals surface area contributed by atoms with E-state index in [4.69, 9.17) is 5.53 Å². The number of thiol groups is 1. The number of unbranched alkanes of at least 4 members (excludes halogenated alkanes) is 1. The number of rotatable bonds is 6. The van der Waals surface area contributed by atoms with Crippen LogP contribution < -0.4 is 0 Å². The van der Waals surface area contributed by atoms with Gasteiger partial charge in [-0.15, -0.1) is 0 Å². The van der Waals surface area contributed by atoms with Crippen molar-refractivity contribution in [1.29, 1.82) is 0 Å². The Hall–Kier alpha value is -0.340. The Morgan fingerprint density at radius 1 is 1.58 bits per heavy atom. The first-order chi connectivity index (χ1) is 5.70. The maximum Gasteiger partial charge on any atom is 0.0356 e. The predicted octanol–water partition coefficient (Wildman–Crippen LogP) is 3.56. The van der Waals surface area contributed by atoms with Crippen LogP contribution in [0.4, 0.5) is 0 Å². The second-order valence-electron chi connectivity index (χ2n) is 3.09. The minimum atomic E-state index is 0.0781. The van der Waals surface area contributed by atoms with Crippen LogP contribution in [0, 0.1) is 0 Å². The lowest BCUT2D eigenvalue weighted by atomic mass is 10.1. The van der Waals surface area contributed by atoms with E-state index in [1.165, 1.54) is 12.8 Å². The van der Waals surface area contributed by atoms with Crippen molar-refractivity contribution in [3.05, 3.63) is 10.4 Å². The molecular formula is C8H17N3S. The largest absolute Gasteiger partial charge is 0.176 e. The van der Waals surface area contributed by atoms with Crippen LogP contribution in [0.5, 0.6) is 0 Å². The van der Waals surface area contributed by atoms with Crippen molar-refractivity contribution in [3.63, 3.8) is 0 Å². The Balaban J connectivity index is 3.53. The van der Waals surface area contributed by atoms with E-state index in [9.17, 15) is 0 Å². The highest BCUT2D eigenvalue weighted by Crippen LogP contribution is 2.14. The van der Waals surface area contributed by atoms with Gasteiger partial charge in [-0.3, -0.25) is 0 Å². The molecule has 0 aliphatic carbocycles. The van der Waals surface area contributed by atoms with E-state index in [-0.39, 0.29) is 6.04 Å². The minimum Gasteiger partial charge on any atom is -0.176 e. The fraction of sp³-hybridized carbons (Fsp3) is 1.00. The van der Waals surface area contributed by atoms with E-state index in [0.717, 1.165) is 12.8 Å². The zero-order valence-electron chi connectivity index (χ0n) is 7.77. The molecule has 0 amide bonds. The van der Waals surface area contributed by atoms with Gasteiger partial charge in [0.2, 0.25) is 0 Å². The van der Waals surface area contributed by atoms with Crippen molar-refractivity contribution in [2.45, 2.75) is 50.8 Å². The van der Waals surface area contributed by atoms with Gasteiger partial charge in [-0.25, -0.2) is 0 Å². The third kappa shape index (κ3) is 6.38. The molecule has 3 nitrogen and oxygen atoms in total. The molecule has 0 aromatic rings. The zero-order chi connectivity index (χ0) is 9.40. The van der Waals surface area contributed by atoms with Crippen LogP contribution in [-0.2, 0) is 0 Å². The van der Waals surface area contributed by atoms with Crippen LogP contribution in [0.2, 0.25) is 0 Å². The first-order valence-electron chi connectivity index (χ1n) is 4.43. The molecule has 0 saturated heterocycles. The van der Waals surface area contributed by atoms with E-state index < -0.39 is 0 Å². The van der Waals surface area contributed by atoms with Crippen LogP contribution in [0.1, 0.15) is 39.5 Å². The summed E-state index contributed by atoms with van der Waals surface area (Å²) < 4.78 is 0. The standard InChI is InChI=1S/C8H17N3S/c1-3-4-5-8(12)6-7(2)10-11-9/h7-8,12H,3-6H2,1-2H3. The Morgan fingerprint density at radius 3 is 2.75 bits per heavy atom. The molecule has 0 aromatic heterocycles. The molecule has 70 valence electrons. The normalized spacial score (nSPS) is 14.9. The average Bonchev–Trinajstić information content (AvgIpc) is 2.01. The Morgan fingerprint density at radius 2 is 2.25 bits per heavy atom. The molecule has 0 rings (SSSR count). The number of hydrogen-bond donors (Lipinski definition) is 1.